The summed E-state index contributed by atoms with van der Waals surface area (Å²) in [6.07, 6.45) is 0. The molecule has 0 aliphatic heterocycles. The molecular weight excluding hydrogens is 310 g/mol. The molecule has 0 aliphatic rings. The zero-order valence-corrected chi connectivity index (χ0v) is 12.8. The van der Waals surface area contributed by atoms with Crippen LogP contribution >= 0.6 is 11.8 Å². The van der Waals surface area contributed by atoms with E-state index < -0.39 is 17.2 Å². The van der Waals surface area contributed by atoms with Crippen LogP contribution in [0.3, 0.4) is 0 Å². The number of carbonyl (C=O) groups excluding carboxylic acids is 1. The maximum atomic E-state index is 12.2. The van der Waals surface area contributed by atoms with Crippen molar-refractivity contribution in [2.24, 2.45) is 0 Å². The minimum atomic E-state index is -2.49. The molecule has 2 rings (SSSR count). The van der Waals surface area contributed by atoms with Gasteiger partial charge in [-0.1, -0.05) is 11.8 Å². The Bertz CT molecular complexity index is 742. The Morgan fingerprint density at radius 1 is 1.23 bits per heavy atom. The van der Waals surface area contributed by atoms with E-state index in [1.165, 1.54) is 24.3 Å². The Morgan fingerprint density at radius 2 is 1.86 bits per heavy atom. The Balaban J connectivity index is 2.17. The summed E-state index contributed by atoms with van der Waals surface area (Å²) in [5.74, 6) is -3.03. The number of carbonyl (C=O) groups is 1. The van der Waals surface area contributed by atoms with E-state index in [0.717, 1.165) is 0 Å². The van der Waals surface area contributed by atoms with E-state index in [2.05, 4.69) is 10.3 Å². The molecular formula is C15H14F2N2O2S. The number of rotatable bonds is 4. The first-order valence-electron chi connectivity index (χ1n) is 6.43. The summed E-state index contributed by atoms with van der Waals surface area (Å²) in [6.45, 7) is 3.41. The smallest absolute Gasteiger partial charge is 0.288 e. The van der Waals surface area contributed by atoms with Gasteiger partial charge in [-0.05, 0) is 49.7 Å². The van der Waals surface area contributed by atoms with Crippen LogP contribution in [0.2, 0.25) is 0 Å². The average molecular weight is 324 g/mol. The van der Waals surface area contributed by atoms with Crippen LogP contribution in [0.5, 0.6) is 0 Å². The molecule has 0 fully saturated rings. The highest BCUT2D eigenvalue weighted by Crippen LogP contribution is 2.26. The highest BCUT2D eigenvalue weighted by molar-refractivity contribution is 7.99. The molecule has 1 aromatic heterocycles. The number of H-pyrrole nitrogens is 1. The Hall–Kier alpha value is -2.15. The summed E-state index contributed by atoms with van der Waals surface area (Å²) in [5.41, 5.74) is 1.26. The Morgan fingerprint density at radius 3 is 2.41 bits per heavy atom. The van der Waals surface area contributed by atoms with Crippen LogP contribution in [0.25, 0.3) is 0 Å². The molecule has 0 spiro atoms. The molecule has 2 aromatic rings. The van der Waals surface area contributed by atoms with Crippen molar-refractivity contribution in [3.63, 3.8) is 0 Å². The molecule has 2 N–H and O–H groups in total. The van der Waals surface area contributed by atoms with Gasteiger partial charge in [-0.25, -0.2) is 0 Å². The molecule has 22 heavy (non-hydrogen) atoms. The first-order valence-corrected chi connectivity index (χ1v) is 7.31. The normalized spacial score (nSPS) is 10.8. The largest absolute Gasteiger partial charge is 0.326 e. The molecule has 0 saturated heterocycles. The van der Waals surface area contributed by atoms with Gasteiger partial charge >= 0.3 is 0 Å². The van der Waals surface area contributed by atoms with Crippen LogP contribution in [-0.2, 0) is 0 Å². The Kier molecular flexibility index (Phi) is 4.97. The minimum absolute atomic E-state index is 0.0385. The number of aryl methyl sites for hydroxylation is 2. The molecule has 0 bridgehead atoms. The lowest BCUT2D eigenvalue weighted by molar-refractivity contribution is 0.102. The van der Waals surface area contributed by atoms with Gasteiger partial charge in [0.05, 0.1) is 0 Å². The third-order valence-electron chi connectivity index (χ3n) is 2.93. The number of thioether (sulfide) groups is 1. The van der Waals surface area contributed by atoms with E-state index in [1.807, 2.05) is 0 Å². The van der Waals surface area contributed by atoms with Gasteiger partial charge in [-0.3, -0.25) is 9.59 Å². The number of alkyl halides is 2. The zero-order valence-electron chi connectivity index (χ0n) is 11.9. The van der Waals surface area contributed by atoms with Crippen molar-refractivity contribution in [2.75, 3.05) is 5.32 Å². The zero-order chi connectivity index (χ0) is 16.3. The molecule has 1 heterocycles. The number of anilines is 1. The number of pyridine rings is 1. The molecule has 0 radical (unpaired) electrons. The lowest BCUT2D eigenvalue weighted by Gasteiger charge is -2.08. The van der Waals surface area contributed by atoms with Crippen molar-refractivity contribution in [1.82, 2.24) is 4.98 Å². The summed E-state index contributed by atoms with van der Waals surface area (Å²) < 4.78 is 24.5. The third-order valence-corrected chi connectivity index (χ3v) is 3.65. The lowest BCUT2D eigenvalue weighted by Crippen LogP contribution is -2.25. The van der Waals surface area contributed by atoms with Crippen LogP contribution in [-0.4, -0.2) is 16.6 Å². The van der Waals surface area contributed by atoms with Gasteiger partial charge in [-0.2, -0.15) is 8.78 Å². The predicted octanol–water partition coefficient (Wildman–Crippen LogP) is 3.56. The molecule has 4 nitrogen and oxygen atoms in total. The van der Waals surface area contributed by atoms with E-state index in [1.54, 1.807) is 19.9 Å². The molecule has 0 unspecified atom stereocenters. The predicted molar refractivity (Wildman–Crippen MR) is 82.8 cm³/mol. The van der Waals surface area contributed by atoms with Crippen LogP contribution < -0.4 is 10.9 Å². The number of hydrogen-bond acceptors (Lipinski definition) is 3. The number of hydrogen-bond donors (Lipinski definition) is 2. The molecule has 7 heteroatoms. The van der Waals surface area contributed by atoms with E-state index in [9.17, 15) is 18.4 Å². The molecule has 0 aliphatic carbocycles. The molecule has 0 atom stereocenters. The van der Waals surface area contributed by atoms with Crippen molar-refractivity contribution >= 4 is 23.4 Å². The van der Waals surface area contributed by atoms with Crippen molar-refractivity contribution < 1.29 is 13.6 Å². The minimum Gasteiger partial charge on any atom is -0.326 e. The lowest BCUT2D eigenvalue weighted by atomic mass is 10.1. The van der Waals surface area contributed by atoms with Crippen LogP contribution in [0.4, 0.5) is 14.5 Å². The third kappa shape index (κ3) is 3.94. The Labute approximate surface area is 129 Å². The fourth-order valence-corrected chi connectivity index (χ4v) is 2.55. The topological polar surface area (TPSA) is 62.0 Å². The van der Waals surface area contributed by atoms with Gasteiger partial charge in [0, 0.05) is 16.3 Å². The van der Waals surface area contributed by atoms with Crippen molar-refractivity contribution in [3.05, 3.63) is 57.5 Å². The summed E-state index contributed by atoms with van der Waals surface area (Å²) in [6, 6.07) is 7.71. The highest BCUT2D eigenvalue weighted by atomic mass is 32.2. The first kappa shape index (κ1) is 16.2. The molecule has 1 aromatic carbocycles. The van der Waals surface area contributed by atoms with Crippen LogP contribution in [0, 0.1) is 13.8 Å². The van der Waals surface area contributed by atoms with E-state index in [0.29, 0.717) is 33.6 Å². The van der Waals surface area contributed by atoms with Gasteiger partial charge in [-0.15, -0.1) is 0 Å². The fraction of sp³-hybridized carbons (Fsp3) is 0.200. The quantitative estimate of drug-likeness (QED) is 0.845. The molecule has 1 amide bonds. The van der Waals surface area contributed by atoms with E-state index in [-0.39, 0.29) is 5.56 Å². The highest BCUT2D eigenvalue weighted by Gasteiger charge is 2.14. The number of halogens is 2. The second-order valence-corrected chi connectivity index (χ2v) is 5.76. The van der Waals surface area contributed by atoms with Crippen molar-refractivity contribution in [3.8, 4) is 0 Å². The first-order chi connectivity index (χ1) is 10.4. The number of amides is 1. The SMILES string of the molecule is Cc1cc(C)c(C(=O)Nc2ccc(SC(F)F)cc2)c(=O)[nH]1. The van der Waals surface area contributed by atoms with Gasteiger partial charge in [0.1, 0.15) is 5.56 Å². The number of benzene rings is 1. The van der Waals surface area contributed by atoms with Crippen molar-refractivity contribution in [2.45, 2.75) is 24.5 Å². The number of nitrogens with one attached hydrogen (secondary N) is 2. The van der Waals surface area contributed by atoms with Crippen molar-refractivity contribution in [1.29, 1.82) is 0 Å². The molecule has 0 saturated carbocycles. The maximum absolute atomic E-state index is 12.2. The fourth-order valence-electron chi connectivity index (χ4n) is 2.05. The van der Waals surface area contributed by atoms with Crippen LogP contribution in [0.1, 0.15) is 21.6 Å². The van der Waals surface area contributed by atoms with E-state index >= 15 is 0 Å². The summed E-state index contributed by atoms with van der Waals surface area (Å²) in [5, 5.41) is 2.58. The standard InChI is InChI=1S/C15H14F2N2O2S/c1-8-7-9(2)18-13(20)12(8)14(21)19-10-3-5-11(6-4-10)22-15(16)17/h3-7,15H,1-2H3,(H,18,20)(H,19,21). The second-order valence-electron chi connectivity index (χ2n) is 4.70. The van der Waals surface area contributed by atoms with Gasteiger partial charge < -0.3 is 10.3 Å². The molecule has 116 valence electrons. The summed E-state index contributed by atoms with van der Waals surface area (Å²) in [4.78, 5) is 27.0. The monoisotopic (exact) mass is 324 g/mol. The summed E-state index contributed by atoms with van der Waals surface area (Å²) >= 11 is 0.428. The second kappa shape index (κ2) is 6.74. The number of aromatic amines is 1. The van der Waals surface area contributed by atoms with Gasteiger partial charge in [0.15, 0.2) is 0 Å². The van der Waals surface area contributed by atoms with Gasteiger partial charge in [0.25, 0.3) is 17.2 Å². The number of aromatic nitrogens is 1. The maximum Gasteiger partial charge on any atom is 0.288 e. The summed E-state index contributed by atoms with van der Waals surface area (Å²) in [7, 11) is 0. The average Bonchev–Trinajstić information content (AvgIpc) is 2.39. The van der Waals surface area contributed by atoms with Gasteiger partial charge in [0.2, 0.25) is 0 Å². The van der Waals surface area contributed by atoms with E-state index in [4.69, 9.17) is 0 Å². The van der Waals surface area contributed by atoms with Crippen LogP contribution in [0.15, 0.2) is 40.0 Å².